The third-order valence-electron chi connectivity index (χ3n) is 3.56. The molecule has 21 heavy (non-hydrogen) atoms. The van der Waals surface area contributed by atoms with Crippen molar-refractivity contribution in [2.24, 2.45) is 0 Å². The Morgan fingerprint density at radius 1 is 0.905 bits per heavy atom. The minimum atomic E-state index is -0.203. The SMILES string of the molecule is CCOc1ccc(C(C)NC(C)c2ccc(F)cc2)cc1. The van der Waals surface area contributed by atoms with Crippen molar-refractivity contribution >= 4 is 0 Å². The highest BCUT2D eigenvalue weighted by molar-refractivity contribution is 5.29. The van der Waals surface area contributed by atoms with Gasteiger partial charge < -0.3 is 10.1 Å². The highest BCUT2D eigenvalue weighted by Gasteiger charge is 2.11. The summed E-state index contributed by atoms with van der Waals surface area (Å²) in [5.41, 5.74) is 2.28. The molecule has 2 rings (SSSR count). The van der Waals surface area contributed by atoms with E-state index < -0.39 is 0 Å². The van der Waals surface area contributed by atoms with Crippen LogP contribution < -0.4 is 10.1 Å². The molecule has 2 atom stereocenters. The van der Waals surface area contributed by atoms with Crippen LogP contribution in [-0.4, -0.2) is 6.61 Å². The molecule has 2 nitrogen and oxygen atoms in total. The lowest BCUT2D eigenvalue weighted by Gasteiger charge is -2.21. The van der Waals surface area contributed by atoms with E-state index in [1.54, 1.807) is 0 Å². The van der Waals surface area contributed by atoms with Crippen molar-refractivity contribution in [3.05, 3.63) is 65.5 Å². The van der Waals surface area contributed by atoms with E-state index in [9.17, 15) is 4.39 Å². The average molecular weight is 287 g/mol. The predicted molar refractivity (Wildman–Crippen MR) is 84.0 cm³/mol. The van der Waals surface area contributed by atoms with Crippen molar-refractivity contribution in [1.82, 2.24) is 5.32 Å². The van der Waals surface area contributed by atoms with Crippen LogP contribution in [0.2, 0.25) is 0 Å². The first-order chi connectivity index (χ1) is 10.1. The Hall–Kier alpha value is -1.87. The molecule has 2 unspecified atom stereocenters. The zero-order chi connectivity index (χ0) is 15.2. The highest BCUT2D eigenvalue weighted by Crippen LogP contribution is 2.21. The summed E-state index contributed by atoms with van der Waals surface area (Å²) >= 11 is 0. The van der Waals surface area contributed by atoms with E-state index in [2.05, 4.69) is 31.3 Å². The number of ether oxygens (including phenoxy) is 1. The third-order valence-corrected chi connectivity index (χ3v) is 3.56. The number of nitrogens with one attached hydrogen (secondary N) is 1. The molecule has 2 aromatic rings. The van der Waals surface area contributed by atoms with Crippen molar-refractivity contribution in [2.45, 2.75) is 32.9 Å². The normalized spacial score (nSPS) is 13.7. The molecule has 0 aliphatic carbocycles. The highest BCUT2D eigenvalue weighted by atomic mass is 19.1. The van der Waals surface area contributed by atoms with Crippen molar-refractivity contribution < 1.29 is 9.13 Å². The quantitative estimate of drug-likeness (QED) is 0.836. The van der Waals surface area contributed by atoms with Crippen LogP contribution >= 0.6 is 0 Å². The number of hydrogen-bond donors (Lipinski definition) is 1. The predicted octanol–water partition coefficient (Wildman–Crippen LogP) is 4.64. The van der Waals surface area contributed by atoms with Gasteiger partial charge in [0, 0.05) is 12.1 Å². The second-order valence-electron chi connectivity index (χ2n) is 5.16. The van der Waals surface area contributed by atoms with Gasteiger partial charge >= 0.3 is 0 Å². The Balaban J connectivity index is 1.99. The number of rotatable bonds is 6. The summed E-state index contributed by atoms with van der Waals surface area (Å²) in [7, 11) is 0. The molecule has 1 N–H and O–H groups in total. The van der Waals surface area contributed by atoms with E-state index in [0.717, 1.165) is 11.3 Å². The fourth-order valence-corrected chi connectivity index (χ4v) is 2.34. The molecule has 0 aliphatic heterocycles. The summed E-state index contributed by atoms with van der Waals surface area (Å²) in [5.74, 6) is 0.686. The molecule has 0 spiro atoms. The second-order valence-corrected chi connectivity index (χ2v) is 5.16. The standard InChI is InChI=1S/C18H22FNO/c1-4-21-18-11-7-16(8-12-18)14(3)20-13(2)15-5-9-17(19)10-6-15/h5-14,20H,4H2,1-3H3. The molecule has 112 valence electrons. The van der Waals surface area contributed by atoms with Gasteiger partial charge in [0.25, 0.3) is 0 Å². The third kappa shape index (κ3) is 4.30. The molecular weight excluding hydrogens is 265 g/mol. The molecule has 0 saturated carbocycles. The molecule has 0 aromatic heterocycles. The lowest BCUT2D eigenvalue weighted by molar-refractivity contribution is 0.340. The number of hydrogen-bond acceptors (Lipinski definition) is 2. The van der Waals surface area contributed by atoms with Crippen LogP contribution in [0.4, 0.5) is 4.39 Å². The van der Waals surface area contributed by atoms with Crippen LogP contribution in [0.3, 0.4) is 0 Å². The van der Waals surface area contributed by atoms with Gasteiger partial charge in [-0.25, -0.2) is 4.39 Å². The van der Waals surface area contributed by atoms with Gasteiger partial charge in [0.2, 0.25) is 0 Å². The molecule has 3 heteroatoms. The summed E-state index contributed by atoms with van der Waals surface area (Å²) in [6.45, 7) is 6.85. The fraction of sp³-hybridized carbons (Fsp3) is 0.333. The zero-order valence-corrected chi connectivity index (χ0v) is 12.8. The van der Waals surface area contributed by atoms with E-state index in [0.29, 0.717) is 6.61 Å². The molecule has 0 bridgehead atoms. The second kappa shape index (κ2) is 7.23. The van der Waals surface area contributed by atoms with E-state index in [1.165, 1.54) is 17.7 Å². The summed E-state index contributed by atoms with van der Waals surface area (Å²) in [6, 6.07) is 15.1. The first kappa shape index (κ1) is 15.5. The number of benzene rings is 2. The van der Waals surface area contributed by atoms with Crippen molar-refractivity contribution in [3.63, 3.8) is 0 Å². The average Bonchev–Trinajstić information content (AvgIpc) is 2.49. The minimum absolute atomic E-state index is 0.159. The van der Waals surface area contributed by atoms with Gasteiger partial charge in [-0.15, -0.1) is 0 Å². The van der Waals surface area contributed by atoms with E-state index in [1.807, 2.05) is 31.2 Å². The van der Waals surface area contributed by atoms with E-state index in [4.69, 9.17) is 4.74 Å². The number of halogens is 1. The summed E-state index contributed by atoms with van der Waals surface area (Å²) < 4.78 is 18.4. The Morgan fingerprint density at radius 2 is 1.38 bits per heavy atom. The van der Waals surface area contributed by atoms with Gasteiger partial charge in [-0.05, 0) is 56.2 Å². The first-order valence-electron chi connectivity index (χ1n) is 7.34. The molecule has 0 radical (unpaired) electrons. The molecule has 0 heterocycles. The topological polar surface area (TPSA) is 21.3 Å². The van der Waals surface area contributed by atoms with Crippen LogP contribution in [0.25, 0.3) is 0 Å². The van der Waals surface area contributed by atoms with Gasteiger partial charge in [-0.3, -0.25) is 0 Å². The van der Waals surface area contributed by atoms with Gasteiger partial charge in [0.15, 0.2) is 0 Å². The minimum Gasteiger partial charge on any atom is -0.494 e. The van der Waals surface area contributed by atoms with Crippen LogP contribution in [0.5, 0.6) is 5.75 Å². The van der Waals surface area contributed by atoms with Gasteiger partial charge in [-0.2, -0.15) is 0 Å². The van der Waals surface area contributed by atoms with Crippen LogP contribution in [0, 0.1) is 5.82 Å². The lowest BCUT2D eigenvalue weighted by atomic mass is 10.0. The summed E-state index contributed by atoms with van der Waals surface area (Å²) in [6.07, 6.45) is 0. The molecule has 0 fully saturated rings. The Labute approximate surface area is 126 Å². The van der Waals surface area contributed by atoms with Crippen molar-refractivity contribution in [2.75, 3.05) is 6.61 Å². The smallest absolute Gasteiger partial charge is 0.123 e. The molecule has 0 saturated heterocycles. The molecule has 0 amide bonds. The molecule has 0 aliphatic rings. The fourth-order valence-electron chi connectivity index (χ4n) is 2.34. The molecular formula is C18H22FNO. The maximum Gasteiger partial charge on any atom is 0.123 e. The Bertz CT molecular complexity index is 550. The summed E-state index contributed by atoms with van der Waals surface area (Å²) in [5, 5.41) is 3.52. The van der Waals surface area contributed by atoms with Crippen molar-refractivity contribution in [1.29, 1.82) is 0 Å². The van der Waals surface area contributed by atoms with Gasteiger partial charge in [0.1, 0.15) is 11.6 Å². The zero-order valence-electron chi connectivity index (χ0n) is 12.8. The maximum atomic E-state index is 12.9. The van der Waals surface area contributed by atoms with Crippen LogP contribution in [0.1, 0.15) is 44.0 Å². The monoisotopic (exact) mass is 287 g/mol. The summed E-state index contributed by atoms with van der Waals surface area (Å²) in [4.78, 5) is 0. The Morgan fingerprint density at radius 3 is 1.86 bits per heavy atom. The van der Waals surface area contributed by atoms with Gasteiger partial charge in [0.05, 0.1) is 6.61 Å². The molecule has 2 aromatic carbocycles. The Kier molecular flexibility index (Phi) is 5.34. The van der Waals surface area contributed by atoms with E-state index >= 15 is 0 Å². The first-order valence-corrected chi connectivity index (χ1v) is 7.34. The van der Waals surface area contributed by atoms with Gasteiger partial charge in [-0.1, -0.05) is 24.3 Å². The van der Waals surface area contributed by atoms with Crippen LogP contribution in [0.15, 0.2) is 48.5 Å². The van der Waals surface area contributed by atoms with E-state index in [-0.39, 0.29) is 17.9 Å². The van der Waals surface area contributed by atoms with Crippen molar-refractivity contribution in [3.8, 4) is 5.75 Å². The van der Waals surface area contributed by atoms with Crippen LogP contribution in [-0.2, 0) is 0 Å². The largest absolute Gasteiger partial charge is 0.494 e. The lowest BCUT2D eigenvalue weighted by Crippen LogP contribution is -2.22. The maximum absolute atomic E-state index is 12.9.